The van der Waals surface area contributed by atoms with Gasteiger partial charge in [-0.25, -0.2) is 5.26 Å². The van der Waals surface area contributed by atoms with Crippen molar-refractivity contribution >= 4 is 0 Å². The summed E-state index contributed by atoms with van der Waals surface area (Å²) in [5.74, 6) is 0. The van der Waals surface area contributed by atoms with Crippen molar-refractivity contribution in [3.05, 3.63) is 0 Å². The molecule has 0 amide bonds. The maximum absolute atomic E-state index is 8.91. The fourth-order valence-corrected chi connectivity index (χ4v) is 2.36. The molecular formula is C10H21NO2. The van der Waals surface area contributed by atoms with Gasteiger partial charge >= 0.3 is 0 Å². The second-order valence-electron chi connectivity index (χ2n) is 5.21. The SMILES string of the molecule is CC1(C)CCCCC(C)(C)N1OO. The quantitative estimate of drug-likeness (QED) is 0.506. The van der Waals surface area contributed by atoms with Gasteiger partial charge in [0.2, 0.25) is 0 Å². The van der Waals surface area contributed by atoms with Crippen molar-refractivity contribution in [1.29, 1.82) is 0 Å². The molecule has 0 unspecified atom stereocenters. The third-order valence-electron chi connectivity index (χ3n) is 3.01. The standard InChI is InChI=1S/C10H21NO2/c1-9(2)7-5-6-8-10(3,4)11(9)13-12/h12H,5-8H2,1-4H3. The van der Waals surface area contributed by atoms with E-state index in [1.807, 2.05) is 0 Å². The lowest BCUT2D eigenvalue weighted by Gasteiger charge is -2.42. The molecule has 3 heteroatoms. The van der Waals surface area contributed by atoms with Gasteiger partial charge < -0.3 is 0 Å². The van der Waals surface area contributed by atoms with Gasteiger partial charge in [0.25, 0.3) is 0 Å². The number of hydrogen-bond acceptors (Lipinski definition) is 3. The second-order valence-corrected chi connectivity index (χ2v) is 5.21. The molecule has 1 aliphatic rings. The zero-order valence-electron chi connectivity index (χ0n) is 9.13. The Morgan fingerprint density at radius 2 is 1.38 bits per heavy atom. The summed E-state index contributed by atoms with van der Waals surface area (Å²) in [5.41, 5.74) is -0.149. The van der Waals surface area contributed by atoms with E-state index in [0.717, 1.165) is 12.8 Å². The van der Waals surface area contributed by atoms with E-state index < -0.39 is 0 Å². The molecule has 0 bridgehead atoms. The Morgan fingerprint density at radius 3 is 1.69 bits per heavy atom. The zero-order valence-corrected chi connectivity index (χ0v) is 9.13. The van der Waals surface area contributed by atoms with Crippen LogP contribution in [-0.4, -0.2) is 21.4 Å². The Balaban J connectivity index is 2.87. The lowest BCUT2D eigenvalue weighted by Crippen LogP contribution is -2.53. The van der Waals surface area contributed by atoms with Gasteiger partial charge in [-0.3, -0.25) is 0 Å². The molecule has 0 radical (unpaired) electrons. The Bertz CT molecular complexity index is 160. The summed E-state index contributed by atoms with van der Waals surface area (Å²) in [5, 5.41) is 10.6. The minimum atomic E-state index is -0.0747. The minimum Gasteiger partial charge on any atom is -0.233 e. The van der Waals surface area contributed by atoms with Gasteiger partial charge in [-0.2, -0.15) is 0 Å². The Morgan fingerprint density at radius 1 is 1.00 bits per heavy atom. The van der Waals surface area contributed by atoms with Gasteiger partial charge in [-0.1, -0.05) is 12.8 Å². The molecule has 0 aromatic heterocycles. The van der Waals surface area contributed by atoms with Crippen molar-refractivity contribution in [3.8, 4) is 0 Å². The summed E-state index contributed by atoms with van der Waals surface area (Å²) in [7, 11) is 0. The lowest BCUT2D eigenvalue weighted by atomic mass is 9.95. The number of rotatable bonds is 1. The van der Waals surface area contributed by atoms with Crippen LogP contribution >= 0.6 is 0 Å². The molecule has 0 atom stereocenters. The minimum absolute atomic E-state index is 0.0747. The van der Waals surface area contributed by atoms with Crippen LogP contribution < -0.4 is 0 Å². The molecule has 1 heterocycles. The number of hydroxylamine groups is 2. The summed E-state index contributed by atoms with van der Waals surface area (Å²) in [6, 6.07) is 0. The van der Waals surface area contributed by atoms with Crippen LogP contribution in [0.4, 0.5) is 0 Å². The number of hydrogen-bond donors (Lipinski definition) is 1. The highest BCUT2D eigenvalue weighted by atomic mass is 17.2. The normalized spacial score (nSPS) is 28.4. The van der Waals surface area contributed by atoms with E-state index in [1.54, 1.807) is 5.06 Å². The first-order valence-electron chi connectivity index (χ1n) is 5.02. The maximum atomic E-state index is 8.91. The Hall–Kier alpha value is -0.120. The molecule has 13 heavy (non-hydrogen) atoms. The van der Waals surface area contributed by atoms with E-state index >= 15 is 0 Å². The molecular weight excluding hydrogens is 166 g/mol. The van der Waals surface area contributed by atoms with Gasteiger partial charge in [0.15, 0.2) is 0 Å². The van der Waals surface area contributed by atoms with Gasteiger partial charge in [0.05, 0.1) is 0 Å². The largest absolute Gasteiger partial charge is 0.233 e. The van der Waals surface area contributed by atoms with Gasteiger partial charge in [-0.15, -0.1) is 10.1 Å². The summed E-state index contributed by atoms with van der Waals surface area (Å²) in [4.78, 5) is 4.54. The van der Waals surface area contributed by atoms with E-state index in [-0.39, 0.29) is 11.1 Å². The van der Waals surface area contributed by atoms with E-state index in [0.29, 0.717) is 0 Å². The van der Waals surface area contributed by atoms with Crippen molar-refractivity contribution in [2.45, 2.75) is 64.5 Å². The van der Waals surface area contributed by atoms with Gasteiger partial charge in [0, 0.05) is 11.1 Å². The van der Waals surface area contributed by atoms with E-state index in [1.165, 1.54) is 12.8 Å². The van der Waals surface area contributed by atoms with Crippen LogP contribution in [0.25, 0.3) is 0 Å². The summed E-state index contributed by atoms with van der Waals surface area (Å²) < 4.78 is 0. The van der Waals surface area contributed by atoms with Crippen LogP contribution in [0, 0.1) is 0 Å². The highest BCUT2D eigenvalue weighted by Gasteiger charge is 2.41. The van der Waals surface area contributed by atoms with Crippen LogP contribution in [0.3, 0.4) is 0 Å². The lowest BCUT2D eigenvalue weighted by molar-refractivity contribution is -0.445. The van der Waals surface area contributed by atoms with E-state index in [2.05, 4.69) is 32.7 Å². The maximum Gasteiger partial charge on any atom is 0.0442 e. The fraction of sp³-hybridized carbons (Fsp3) is 1.00. The van der Waals surface area contributed by atoms with Gasteiger partial charge in [0.1, 0.15) is 0 Å². The van der Waals surface area contributed by atoms with Crippen molar-refractivity contribution in [2.75, 3.05) is 0 Å². The van der Waals surface area contributed by atoms with Crippen LogP contribution in [0.1, 0.15) is 53.4 Å². The molecule has 1 rings (SSSR count). The molecule has 1 saturated heterocycles. The molecule has 78 valence electrons. The molecule has 0 aromatic carbocycles. The zero-order chi connectivity index (χ0) is 10.1. The summed E-state index contributed by atoms with van der Waals surface area (Å²) in [6.07, 6.45) is 4.54. The first-order valence-corrected chi connectivity index (χ1v) is 5.02. The van der Waals surface area contributed by atoms with Crippen molar-refractivity contribution < 1.29 is 10.2 Å². The first kappa shape index (κ1) is 11.0. The average molecular weight is 187 g/mol. The second kappa shape index (κ2) is 3.56. The van der Waals surface area contributed by atoms with Crippen molar-refractivity contribution in [3.63, 3.8) is 0 Å². The Labute approximate surface area is 80.6 Å². The van der Waals surface area contributed by atoms with Crippen LogP contribution in [0.15, 0.2) is 0 Å². The third kappa shape index (κ3) is 2.22. The molecule has 3 nitrogen and oxygen atoms in total. The topological polar surface area (TPSA) is 32.7 Å². The Kier molecular flexibility index (Phi) is 3.00. The number of nitrogens with zero attached hydrogens (tertiary/aromatic N) is 1. The molecule has 1 fully saturated rings. The molecule has 1 aliphatic heterocycles. The van der Waals surface area contributed by atoms with Gasteiger partial charge in [-0.05, 0) is 40.5 Å². The molecule has 0 aliphatic carbocycles. The predicted molar refractivity (Wildman–Crippen MR) is 52.2 cm³/mol. The van der Waals surface area contributed by atoms with E-state index in [9.17, 15) is 0 Å². The fourth-order valence-electron chi connectivity index (χ4n) is 2.36. The van der Waals surface area contributed by atoms with Crippen LogP contribution in [0.2, 0.25) is 0 Å². The summed E-state index contributed by atoms with van der Waals surface area (Å²) >= 11 is 0. The molecule has 0 saturated carbocycles. The summed E-state index contributed by atoms with van der Waals surface area (Å²) in [6.45, 7) is 8.43. The van der Waals surface area contributed by atoms with Crippen molar-refractivity contribution in [1.82, 2.24) is 5.06 Å². The highest BCUT2D eigenvalue weighted by molar-refractivity contribution is 4.90. The predicted octanol–water partition coefficient (Wildman–Crippen LogP) is 2.82. The van der Waals surface area contributed by atoms with Crippen LogP contribution in [0.5, 0.6) is 0 Å². The highest BCUT2D eigenvalue weighted by Crippen LogP contribution is 2.36. The first-order chi connectivity index (χ1) is 5.90. The monoisotopic (exact) mass is 187 g/mol. The van der Waals surface area contributed by atoms with Crippen molar-refractivity contribution in [2.24, 2.45) is 0 Å². The smallest absolute Gasteiger partial charge is 0.0442 e. The van der Waals surface area contributed by atoms with Crippen LogP contribution in [-0.2, 0) is 4.99 Å². The van der Waals surface area contributed by atoms with E-state index in [4.69, 9.17) is 5.26 Å². The molecule has 0 aromatic rings. The molecule has 1 N–H and O–H groups in total. The average Bonchev–Trinajstić information content (AvgIpc) is 2.06. The third-order valence-corrected chi connectivity index (χ3v) is 3.01. The molecule has 0 spiro atoms.